The molecule has 1 saturated carbocycles. The fourth-order valence-electron chi connectivity index (χ4n) is 5.34. The van der Waals surface area contributed by atoms with E-state index in [4.69, 9.17) is 23.2 Å². The Hall–Kier alpha value is -3.07. The molecule has 4 rings (SSSR count). The van der Waals surface area contributed by atoms with E-state index in [9.17, 15) is 18.0 Å². The lowest BCUT2D eigenvalue weighted by Crippen LogP contribution is -2.53. The van der Waals surface area contributed by atoms with Crippen LogP contribution in [0.3, 0.4) is 0 Å². The molecule has 1 atom stereocenters. The Labute approximate surface area is 265 Å². The molecular formula is C33H39Cl2N3O4S. The Morgan fingerprint density at radius 1 is 0.907 bits per heavy atom. The topological polar surface area (TPSA) is 86.8 Å². The van der Waals surface area contributed by atoms with Gasteiger partial charge in [0.15, 0.2) is 0 Å². The molecule has 0 aromatic heterocycles. The van der Waals surface area contributed by atoms with Crippen molar-refractivity contribution < 1.29 is 18.0 Å². The van der Waals surface area contributed by atoms with Gasteiger partial charge in [-0.15, -0.1) is 0 Å². The Bertz CT molecular complexity index is 1550. The molecule has 0 bridgehead atoms. The van der Waals surface area contributed by atoms with E-state index in [0.717, 1.165) is 47.5 Å². The molecule has 3 aromatic rings. The summed E-state index contributed by atoms with van der Waals surface area (Å²) in [6, 6.07) is 16.2. The predicted molar refractivity (Wildman–Crippen MR) is 173 cm³/mol. The number of aryl methyl sites for hydroxylation is 3. The molecule has 0 heterocycles. The van der Waals surface area contributed by atoms with Crippen LogP contribution in [-0.2, 0) is 26.2 Å². The van der Waals surface area contributed by atoms with Crippen LogP contribution in [0, 0.1) is 20.8 Å². The highest BCUT2D eigenvalue weighted by atomic mass is 35.5. The quantitative estimate of drug-likeness (QED) is 0.258. The predicted octanol–water partition coefficient (Wildman–Crippen LogP) is 6.98. The third-order valence-corrected chi connectivity index (χ3v) is 10.5. The fraction of sp³-hybridized carbons (Fsp3) is 0.394. The zero-order valence-corrected chi connectivity index (χ0v) is 27.4. The van der Waals surface area contributed by atoms with Crippen molar-refractivity contribution in [2.75, 3.05) is 10.8 Å². The maximum absolute atomic E-state index is 14.3. The van der Waals surface area contributed by atoms with Gasteiger partial charge in [-0.3, -0.25) is 13.9 Å². The number of hydrogen-bond donors (Lipinski definition) is 1. The summed E-state index contributed by atoms with van der Waals surface area (Å²) in [4.78, 5) is 29.2. The zero-order valence-electron chi connectivity index (χ0n) is 25.1. The molecule has 1 unspecified atom stereocenters. The minimum absolute atomic E-state index is 0.0397. The summed E-state index contributed by atoms with van der Waals surface area (Å²) < 4.78 is 29.4. The maximum Gasteiger partial charge on any atom is 0.264 e. The van der Waals surface area contributed by atoms with Gasteiger partial charge in [-0.05, 0) is 82.0 Å². The highest BCUT2D eigenvalue weighted by molar-refractivity contribution is 7.92. The first-order valence-electron chi connectivity index (χ1n) is 14.6. The van der Waals surface area contributed by atoms with Crippen molar-refractivity contribution >= 4 is 50.7 Å². The van der Waals surface area contributed by atoms with Gasteiger partial charge < -0.3 is 10.2 Å². The van der Waals surface area contributed by atoms with Crippen molar-refractivity contribution in [1.29, 1.82) is 0 Å². The van der Waals surface area contributed by atoms with Crippen LogP contribution in [0.4, 0.5) is 5.69 Å². The molecule has 1 aliphatic carbocycles. The fourth-order valence-corrected chi connectivity index (χ4v) is 7.33. The van der Waals surface area contributed by atoms with Crippen molar-refractivity contribution in [3.05, 3.63) is 93.0 Å². The van der Waals surface area contributed by atoms with E-state index in [1.54, 1.807) is 50.2 Å². The SMILES string of the molecule is Cc1ccc(S(=O)(=O)N(CC(=O)N(Cc2c(Cl)cccc2Cl)C(C)C(=O)NC2CCCCC2)c2cc(C)ccc2C)cc1. The van der Waals surface area contributed by atoms with Crippen LogP contribution in [0.5, 0.6) is 0 Å². The summed E-state index contributed by atoms with van der Waals surface area (Å²) in [6.07, 6.45) is 4.99. The van der Waals surface area contributed by atoms with Crippen LogP contribution >= 0.6 is 23.2 Å². The smallest absolute Gasteiger partial charge is 0.264 e. The Balaban J connectivity index is 1.74. The Morgan fingerprint density at radius 3 is 2.14 bits per heavy atom. The minimum atomic E-state index is -4.16. The van der Waals surface area contributed by atoms with E-state index < -0.39 is 28.5 Å². The lowest BCUT2D eigenvalue weighted by molar-refractivity contribution is -0.139. The van der Waals surface area contributed by atoms with Crippen LogP contribution in [0.1, 0.15) is 61.3 Å². The molecule has 0 spiro atoms. The summed E-state index contributed by atoms with van der Waals surface area (Å²) in [7, 11) is -4.16. The van der Waals surface area contributed by atoms with Crippen LogP contribution in [0.2, 0.25) is 10.0 Å². The number of nitrogens with zero attached hydrogens (tertiary/aromatic N) is 2. The second-order valence-electron chi connectivity index (χ2n) is 11.4. The lowest BCUT2D eigenvalue weighted by atomic mass is 9.95. The molecule has 1 aliphatic rings. The number of rotatable bonds is 10. The van der Waals surface area contributed by atoms with E-state index in [1.807, 2.05) is 26.0 Å². The zero-order chi connectivity index (χ0) is 31.3. The average Bonchev–Trinajstić information content (AvgIpc) is 2.97. The molecular weight excluding hydrogens is 605 g/mol. The van der Waals surface area contributed by atoms with Gasteiger partial charge in [0, 0.05) is 28.2 Å². The number of hydrogen-bond acceptors (Lipinski definition) is 4. The number of sulfonamides is 1. The lowest BCUT2D eigenvalue weighted by Gasteiger charge is -2.34. The van der Waals surface area contributed by atoms with E-state index in [2.05, 4.69) is 5.32 Å². The van der Waals surface area contributed by atoms with Crippen molar-refractivity contribution in [3.63, 3.8) is 0 Å². The summed E-state index contributed by atoms with van der Waals surface area (Å²) in [5.41, 5.74) is 3.32. The van der Waals surface area contributed by atoms with Crippen molar-refractivity contribution in [1.82, 2.24) is 10.2 Å². The number of halogens is 2. The number of anilines is 1. The van der Waals surface area contributed by atoms with Gasteiger partial charge in [0.2, 0.25) is 11.8 Å². The first-order valence-corrected chi connectivity index (χ1v) is 16.8. The minimum Gasteiger partial charge on any atom is -0.352 e. The Morgan fingerprint density at radius 2 is 1.51 bits per heavy atom. The summed E-state index contributed by atoms with van der Waals surface area (Å²) in [5, 5.41) is 3.80. The summed E-state index contributed by atoms with van der Waals surface area (Å²) in [6.45, 7) is 6.60. The first-order chi connectivity index (χ1) is 20.4. The average molecular weight is 645 g/mol. The van der Waals surface area contributed by atoms with E-state index in [-0.39, 0.29) is 23.4 Å². The second-order valence-corrected chi connectivity index (χ2v) is 14.0. The van der Waals surface area contributed by atoms with Gasteiger partial charge in [0.25, 0.3) is 10.0 Å². The molecule has 3 aromatic carbocycles. The van der Waals surface area contributed by atoms with Crippen LogP contribution in [-0.4, -0.2) is 43.8 Å². The highest BCUT2D eigenvalue weighted by Gasteiger charge is 2.34. The molecule has 0 aliphatic heterocycles. The van der Waals surface area contributed by atoms with Gasteiger partial charge in [-0.1, -0.05) is 78.4 Å². The molecule has 7 nitrogen and oxygen atoms in total. The number of carbonyl (C=O) groups is 2. The second kappa shape index (κ2) is 14.1. The molecule has 43 heavy (non-hydrogen) atoms. The van der Waals surface area contributed by atoms with Gasteiger partial charge in [0.05, 0.1) is 10.6 Å². The van der Waals surface area contributed by atoms with Crippen LogP contribution < -0.4 is 9.62 Å². The Kier molecular flexibility index (Phi) is 10.8. The summed E-state index contributed by atoms with van der Waals surface area (Å²) in [5.74, 6) is -0.859. The number of nitrogens with one attached hydrogen (secondary N) is 1. The van der Waals surface area contributed by atoms with Crippen LogP contribution in [0.25, 0.3) is 0 Å². The molecule has 0 radical (unpaired) electrons. The van der Waals surface area contributed by atoms with Crippen molar-refractivity contribution in [2.24, 2.45) is 0 Å². The van der Waals surface area contributed by atoms with Crippen LogP contribution in [0.15, 0.2) is 65.6 Å². The highest BCUT2D eigenvalue weighted by Crippen LogP contribution is 2.30. The summed E-state index contributed by atoms with van der Waals surface area (Å²) >= 11 is 13.0. The molecule has 1 fully saturated rings. The number of benzene rings is 3. The molecule has 2 amide bonds. The third-order valence-electron chi connectivity index (χ3n) is 8.03. The number of carbonyl (C=O) groups excluding carboxylic acids is 2. The molecule has 230 valence electrons. The maximum atomic E-state index is 14.3. The van der Waals surface area contributed by atoms with Gasteiger partial charge in [-0.25, -0.2) is 8.42 Å². The van der Waals surface area contributed by atoms with E-state index in [1.165, 1.54) is 17.0 Å². The van der Waals surface area contributed by atoms with E-state index in [0.29, 0.717) is 26.9 Å². The van der Waals surface area contributed by atoms with Gasteiger partial charge in [0.1, 0.15) is 12.6 Å². The third kappa shape index (κ3) is 7.91. The molecule has 0 saturated heterocycles. The largest absolute Gasteiger partial charge is 0.352 e. The normalized spacial score (nSPS) is 14.7. The van der Waals surface area contributed by atoms with E-state index >= 15 is 0 Å². The van der Waals surface area contributed by atoms with Crippen molar-refractivity contribution in [3.8, 4) is 0 Å². The number of amides is 2. The molecule has 10 heteroatoms. The monoisotopic (exact) mass is 643 g/mol. The van der Waals surface area contributed by atoms with Crippen molar-refractivity contribution in [2.45, 2.75) is 83.3 Å². The van der Waals surface area contributed by atoms with Gasteiger partial charge in [-0.2, -0.15) is 0 Å². The first kappa shape index (κ1) is 32.8. The van der Waals surface area contributed by atoms with Gasteiger partial charge >= 0.3 is 0 Å². The molecule has 1 N–H and O–H groups in total. The standard InChI is InChI=1S/C33H39Cl2N3O4S/c1-22-14-17-27(18-15-22)43(41,42)38(31-19-23(2)13-16-24(31)3)21-32(39)37(20-28-29(34)11-8-12-30(28)35)25(4)33(40)36-26-9-6-5-7-10-26/h8,11-19,25-26H,5-7,9-10,20-21H2,1-4H3,(H,36,40).